The number of hydrogen-bond acceptors (Lipinski definition) is 10. The SMILES string of the molecule is COc1cccc(F)c1-c1nccc(C(=O)Nc2ccc3sc(C)nc3c2N2C[C@H](NS(C)(=O)=O)C[C@H]2CO)n1. The number of carbonyl (C=O) groups excluding carboxylic acids is 1. The van der Waals surface area contributed by atoms with E-state index in [9.17, 15) is 22.7 Å². The van der Waals surface area contributed by atoms with Crippen LogP contribution < -0.4 is 19.7 Å². The first-order chi connectivity index (χ1) is 19.1. The van der Waals surface area contributed by atoms with Crippen LogP contribution in [0, 0.1) is 12.7 Å². The van der Waals surface area contributed by atoms with E-state index in [1.807, 2.05) is 17.9 Å². The van der Waals surface area contributed by atoms with Gasteiger partial charge in [-0.3, -0.25) is 4.79 Å². The summed E-state index contributed by atoms with van der Waals surface area (Å²) in [7, 11) is -2.07. The van der Waals surface area contributed by atoms with Gasteiger partial charge in [-0.1, -0.05) is 6.07 Å². The summed E-state index contributed by atoms with van der Waals surface area (Å²) in [6.45, 7) is 1.91. The maximum Gasteiger partial charge on any atom is 0.274 e. The van der Waals surface area contributed by atoms with Crippen molar-refractivity contribution in [2.75, 3.05) is 36.7 Å². The number of anilines is 2. The number of sulfonamides is 1. The van der Waals surface area contributed by atoms with Crippen LogP contribution in [-0.2, 0) is 10.0 Å². The molecule has 0 aliphatic carbocycles. The van der Waals surface area contributed by atoms with Crippen molar-refractivity contribution in [2.45, 2.75) is 25.4 Å². The number of carbonyl (C=O) groups is 1. The molecule has 0 spiro atoms. The molecule has 3 N–H and O–H groups in total. The number of nitrogens with zero attached hydrogens (tertiary/aromatic N) is 4. The molecule has 1 fully saturated rings. The van der Waals surface area contributed by atoms with E-state index in [0.717, 1.165) is 16.0 Å². The number of methoxy groups -OCH3 is 1. The quantitative estimate of drug-likeness (QED) is 0.284. The molecule has 11 nitrogen and oxygen atoms in total. The van der Waals surface area contributed by atoms with Crippen molar-refractivity contribution in [3.05, 3.63) is 59.1 Å². The molecule has 5 rings (SSSR count). The van der Waals surface area contributed by atoms with Gasteiger partial charge in [0.15, 0.2) is 5.82 Å². The van der Waals surface area contributed by atoms with E-state index in [1.165, 1.54) is 42.8 Å². The standard InChI is InChI=1S/C26H27FN6O5S2/c1-14-29-23-21(39-14)8-7-18(24(23)33-12-15(11-16(33)13-34)32-40(3,36)37)31-26(35)19-9-10-28-25(30-19)22-17(27)5-4-6-20(22)38-2/h4-10,15-16,32,34H,11-13H2,1-3H3,(H,31,35)/t15-,16+/m1/s1. The minimum atomic E-state index is -3.47. The van der Waals surface area contributed by atoms with Crippen LogP contribution in [0.1, 0.15) is 21.9 Å². The highest BCUT2D eigenvalue weighted by Gasteiger charge is 2.36. The van der Waals surface area contributed by atoms with Gasteiger partial charge in [-0.05, 0) is 43.7 Å². The molecule has 210 valence electrons. The molecule has 0 radical (unpaired) electrons. The molecule has 14 heteroatoms. The van der Waals surface area contributed by atoms with Crippen molar-refractivity contribution in [2.24, 2.45) is 0 Å². The second kappa shape index (κ2) is 11.0. The zero-order valence-corrected chi connectivity index (χ0v) is 23.5. The number of fused-ring (bicyclic) bond motifs is 1. The van der Waals surface area contributed by atoms with Gasteiger partial charge in [-0.25, -0.2) is 32.5 Å². The van der Waals surface area contributed by atoms with Crippen molar-refractivity contribution in [3.8, 4) is 17.1 Å². The van der Waals surface area contributed by atoms with Gasteiger partial charge in [0.05, 0.1) is 52.7 Å². The monoisotopic (exact) mass is 586 g/mol. The van der Waals surface area contributed by atoms with Gasteiger partial charge in [-0.15, -0.1) is 11.3 Å². The van der Waals surface area contributed by atoms with Crippen molar-refractivity contribution < 1.29 is 27.4 Å². The van der Waals surface area contributed by atoms with Crippen LogP contribution in [0.4, 0.5) is 15.8 Å². The highest BCUT2D eigenvalue weighted by Crippen LogP contribution is 2.40. The van der Waals surface area contributed by atoms with Crippen molar-refractivity contribution in [1.29, 1.82) is 0 Å². The topological polar surface area (TPSA) is 147 Å². The Bertz CT molecular complexity index is 1700. The van der Waals surface area contributed by atoms with Gasteiger partial charge in [0.1, 0.15) is 22.8 Å². The van der Waals surface area contributed by atoms with Gasteiger partial charge in [0.25, 0.3) is 5.91 Å². The van der Waals surface area contributed by atoms with Crippen molar-refractivity contribution in [1.82, 2.24) is 19.7 Å². The fourth-order valence-electron chi connectivity index (χ4n) is 4.92. The second-order valence-corrected chi connectivity index (χ2v) is 12.4. The molecule has 0 unspecified atom stereocenters. The van der Waals surface area contributed by atoms with Crippen LogP contribution in [0.3, 0.4) is 0 Å². The zero-order valence-electron chi connectivity index (χ0n) is 21.9. The molecule has 1 saturated heterocycles. The first-order valence-corrected chi connectivity index (χ1v) is 15.0. The lowest BCUT2D eigenvalue weighted by atomic mass is 10.1. The smallest absolute Gasteiger partial charge is 0.274 e. The first kappa shape index (κ1) is 27.8. The Labute approximate surface area is 234 Å². The largest absolute Gasteiger partial charge is 0.496 e. The Kier molecular flexibility index (Phi) is 7.68. The number of rotatable bonds is 8. The van der Waals surface area contributed by atoms with Crippen LogP contribution >= 0.6 is 11.3 Å². The van der Waals surface area contributed by atoms with Gasteiger partial charge >= 0.3 is 0 Å². The van der Waals surface area contributed by atoms with Gasteiger partial charge in [0, 0.05) is 18.8 Å². The van der Waals surface area contributed by atoms with E-state index in [1.54, 1.807) is 12.1 Å². The maximum absolute atomic E-state index is 14.6. The van der Waals surface area contributed by atoms with E-state index >= 15 is 0 Å². The fourth-order valence-corrected chi connectivity index (χ4v) is 6.52. The normalized spacial score (nSPS) is 17.4. The number of nitrogens with one attached hydrogen (secondary N) is 2. The summed E-state index contributed by atoms with van der Waals surface area (Å²) in [5, 5.41) is 13.9. The van der Waals surface area contributed by atoms with Crippen LogP contribution in [0.5, 0.6) is 5.75 Å². The van der Waals surface area contributed by atoms with Crippen molar-refractivity contribution >= 4 is 48.9 Å². The molecule has 0 saturated carbocycles. The van der Waals surface area contributed by atoms with Crippen LogP contribution in [0.2, 0.25) is 0 Å². The number of aromatic nitrogens is 3. The minimum Gasteiger partial charge on any atom is -0.496 e. The minimum absolute atomic E-state index is 0.00689. The van der Waals surface area contributed by atoms with Gasteiger partial charge < -0.3 is 20.1 Å². The van der Waals surface area contributed by atoms with Gasteiger partial charge in [-0.2, -0.15) is 0 Å². The lowest BCUT2D eigenvalue weighted by Crippen LogP contribution is -2.37. The average Bonchev–Trinajstić information content (AvgIpc) is 3.49. The van der Waals surface area contributed by atoms with Crippen LogP contribution in [0.25, 0.3) is 21.6 Å². The number of amides is 1. The summed E-state index contributed by atoms with van der Waals surface area (Å²) in [4.78, 5) is 28.4. The Morgan fingerprint density at radius 1 is 1.25 bits per heavy atom. The van der Waals surface area contributed by atoms with Gasteiger partial charge in [0.2, 0.25) is 10.0 Å². The Hall–Kier alpha value is -3.72. The lowest BCUT2D eigenvalue weighted by Gasteiger charge is -2.28. The number of halogens is 1. The number of ether oxygens (including phenoxy) is 1. The molecule has 2 aromatic carbocycles. The third kappa shape index (κ3) is 5.61. The molecule has 3 heterocycles. The Morgan fingerprint density at radius 3 is 2.77 bits per heavy atom. The van der Waals surface area contributed by atoms with E-state index in [0.29, 0.717) is 23.3 Å². The predicted octanol–water partition coefficient (Wildman–Crippen LogP) is 2.95. The summed E-state index contributed by atoms with van der Waals surface area (Å²) in [5.74, 6) is -0.949. The fraction of sp³-hybridized carbons (Fsp3) is 0.308. The van der Waals surface area contributed by atoms with E-state index < -0.39 is 33.8 Å². The summed E-state index contributed by atoms with van der Waals surface area (Å²) < 4.78 is 47.2. The molecule has 4 aromatic rings. The summed E-state index contributed by atoms with van der Waals surface area (Å²) in [6.07, 6.45) is 2.82. The van der Waals surface area contributed by atoms with E-state index in [2.05, 4.69) is 25.0 Å². The number of thiazole rings is 1. The zero-order chi connectivity index (χ0) is 28.6. The van der Waals surface area contributed by atoms with E-state index in [4.69, 9.17) is 4.74 Å². The average molecular weight is 587 g/mol. The number of aryl methyl sites for hydroxylation is 1. The molecule has 2 aromatic heterocycles. The Morgan fingerprint density at radius 2 is 2.05 bits per heavy atom. The summed E-state index contributed by atoms with van der Waals surface area (Å²) in [5.41, 5.74) is 1.62. The molecule has 0 bridgehead atoms. The van der Waals surface area contributed by atoms with Crippen molar-refractivity contribution in [3.63, 3.8) is 0 Å². The second-order valence-electron chi connectivity index (χ2n) is 9.39. The first-order valence-electron chi connectivity index (χ1n) is 12.3. The molecule has 1 aliphatic rings. The number of benzene rings is 2. The van der Waals surface area contributed by atoms with E-state index in [-0.39, 0.29) is 36.0 Å². The summed E-state index contributed by atoms with van der Waals surface area (Å²) >= 11 is 1.48. The van der Waals surface area contributed by atoms with Crippen LogP contribution in [-0.4, -0.2) is 73.0 Å². The predicted molar refractivity (Wildman–Crippen MR) is 151 cm³/mol. The molecular weight excluding hydrogens is 559 g/mol. The Balaban J connectivity index is 1.52. The molecule has 2 atom stereocenters. The highest BCUT2D eigenvalue weighted by atomic mass is 32.2. The third-order valence-electron chi connectivity index (χ3n) is 6.49. The molecule has 1 amide bonds. The number of aliphatic hydroxyl groups excluding tert-OH is 1. The number of hydrogen-bond donors (Lipinski definition) is 3. The molecule has 1 aliphatic heterocycles. The molecule has 40 heavy (non-hydrogen) atoms. The lowest BCUT2D eigenvalue weighted by molar-refractivity contribution is 0.102. The maximum atomic E-state index is 14.6. The molecular formula is C26H27FN6O5S2. The highest BCUT2D eigenvalue weighted by molar-refractivity contribution is 7.88. The number of aliphatic hydroxyl groups is 1. The van der Waals surface area contributed by atoms with Crippen LogP contribution in [0.15, 0.2) is 42.6 Å². The third-order valence-corrected chi connectivity index (χ3v) is 8.19. The summed E-state index contributed by atoms with van der Waals surface area (Å²) in [6, 6.07) is 8.46.